The molecule has 0 aliphatic carbocycles. The highest BCUT2D eigenvalue weighted by molar-refractivity contribution is 6.16. The van der Waals surface area contributed by atoms with Crippen molar-refractivity contribution in [3.63, 3.8) is 0 Å². The van der Waals surface area contributed by atoms with Gasteiger partial charge in [-0.05, 0) is 12.1 Å². The van der Waals surface area contributed by atoms with Gasteiger partial charge >= 0.3 is 0 Å². The first kappa shape index (κ1) is 7.56. The van der Waals surface area contributed by atoms with Gasteiger partial charge in [-0.2, -0.15) is 0 Å². The van der Waals surface area contributed by atoms with Gasteiger partial charge in [-0.1, -0.05) is 12.1 Å². The fraction of sp³-hybridized carbons (Fsp3) is 0.100. The highest BCUT2D eigenvalue weighted by Crippen LogP contribution is 2.08. The maximum absolute atomic E-state index is 5.70. The first-order valence-electron chi connectivity index (χ1n) is 3.86. The van der Waals surface area contributed by atoms with Crippen LogP contribution in [0.15, 0.2) is 36.4 Å². The Bertz CT molecular complexity index is 398. The summed E-state index contributed by atoms with van der Waals surface area (Å²) >= 11 is 5.70. The van der Waals surface area contributed by atoms with Gasteiger partial charge in [0.1, 0.15) is 5.88 Å². The van der Waals surface area contributed by atoms with E-state index >= 15 is 0 Å². The molecule has 0 saturated heterocycles. The van der Waals surface area contributed by atoms with E-state index in [0.29, 0.717) is 5.88 Å². The average Bonchev–Trinajstić information content (AvgIpc) is 2.17. The first-order chi connectivity index (χ1) is 5.90. The molecule has 1 nitrogen and oxygen atoms in total. The van der Waals surface area contributed by atoms with Gasteiger partial charge in [0.05, 0.1) is 0 Å². The Hall–Kier alpha value is -1.08. The molecule has 0 bridgehead atoms. The number of hydrogen-bond donors (Lipinski definition) is 0. The summed E-state index contributed by atoms with van der Waals surface area (Å²) in [5, 5.41) is 1.21. The molecule has 0 spiro atoms. The van der Waals surface area contributed by atoms with Crippen molar-refractivity contribution < 1.29 is 4.98 Å². The molecular formula is C10H9ClN+. The van der Waals surface area contributed by atoms with E-state index in [4.69, 9.17) is 11.6 Å². The van der Waals surface area contributed by atoms with Gasteiger partial charge in [-0.25, -0.2) is 4.98 Å². The number of fused-ring (bicyclic) bond motifs is 1. The van der Waals surface area contributed by atoms with Crippen molar-refractivity contribution in [1.82, 2.24) is 0 Å². The molecule has 1 aromatic heterocycles. The van der Waals surface area contributed by atoms with Crippen LogP contribution < -0.4 is 4.98 Å². The number of halogens is 1. The molecule has 2 heteroatoms. The molecule has 0 radical (unpaired) electrons. The number of aromatic amines is 1. The molecule has 0 saturated carbocycles. The van der Waals surface area contributed by atoms with E-state index in [1.54, 1.807) is 0 Å². The van der Waals surface area contributed by atoms with Gasteiger partial charge in [-0.15, -0.1) is 11.6 Å². The summed E-state index contributed by atoms with van der Waals surface area (Å²) < 4.78 is 0. The summed E-state index contributed by atoms with van der Waals surface area (Å²) in [4.78, 5) is 3.24. The molecule has 1 N–H and O–H groups in total. The lowest BCUT2D eigenvalue weighted by Crippen LogP contribution is -2.09. The van der Waals surface area contributed by atoms with Gasteiger partial charge < -0.3 is 0 Å². The van der Waals surface area contributed by atoms with E-state index in [0.717, 1.165) is 11.2 Å². The molecule has 1 aromatic carbocycles. The predicted octanol–water partition coefficient (Wildman–Crippen LogP) is 2.39. The summed E-state index contributed by atoms with van der Waals surface area (Å²) in [5.74, 6) is 0.533. The van der Waals surface area contributed by atoms with Gasteiger partial charge in [0.15, 0.2) is 5.69 Å². The van der Waals surface area contributed by atoms with E-state index < -0.39 is 0 Å². The number of benzene rings is 1. The molecule has 0 aliphatic heterocycles. The zero-order valence-corrected chi connectivity index (χ0v) is 7.31. The molecule has 0 amide bonds. The monoisotopic (exact) mass is 178 g/mol. The van der Waals surface area contributed by atoms with Crippen molar-refractivity contribution in [2.24, 2.45) is 0 Å². The van der Waals surface area contributed by atoms with Crippen LogP contribution in [0.5, 0.6) is 0 Å². The summed E-state index contributed by atoms with van der Waals surface area (Å²) in [5.41, 5.74) is 2.19. The number of para-hydroxylation sites is 1. The van der Waals surface area contributed by atoms with Crippen molar-refractivity contribution in [2.45, 2.75) is 5.88 Å². The molecule has 1 heterocycles. The topological polar surface area (TPSA) is 14.1 Å². The largest absolute Gasteiger partial charge is 0.211 e. The number of pyridine rings is 1. The second kappa shape index (κ2) is 3.11. The van der Waals surface area contributed by atoms with E-state index in [1.807, 2.05) is 24.3 Å². The van der Waals surface area contributed by atoms with Crippen LogP contribution in [0.1, 0.15) is 5.69 Å². The van der Waals surface area contributed by atoms with E-state index in [9.17, 15) is 0 Å². The van der Waals surface area contributed by atoms with Crippen LogP contribution in [-0.2, 0) is 5.88 Å². The highest BCUT2D eigenvalue weighted by atomic mass is 35.5. The zero-order chi connectivity index (χ0) is 8.39. The average molecular weight is 179 g/mol. The summed E-state index contributed by atoms with van der Waals surface area (Å²) in [6.45, 7) is 0. The van der Waals surface area contributed by atoms with Gasteiger partial charge in [0.25, 0.3) is 0 Å². The number of aromatic nitrogens is 1. The Kier molecular flexibility index (Phi) is 1.96. The molecule has 2 aromatic rings. The Morgan fingerprint density at radius 3 is 2.75 bits per heavy atom. The minimum Gasteiger partial charge on any atom is -0.207 e. The first-order valence-corrected chi connectivity index (χ1v) is 4.39. The summed E-state index contributed by atoms with van der Waals surface area (Å²) in [6, 6.07) is 12.2. The van der Waals surface area contributed by atoms with Crippen LogP contribution in [0.2, 0.25) is 0 Å². The lowest BCUT2D eigenvalue weighted by Gasteiger charge is -1.91. The SMILES string of the molecule is ClCc1ccc2ccccc2[nH+]1. The number of H-pyrrole nitrogens is 1. The van der Waals surface area contributed by atoms with Crippen molar-refractivity contribution in [2.75, 3.05) is 0 Å². The van der Waals surface area contributed by atoms with Crippen LogP contribution >= 0.6 is 11.6 Å². The third kappa shape index (κ3) is 1.28. The van der Waals surface area contributed by atoms with Crippen LogP contribution in [0, 0.1) is 0 Å². The van der Waals surface area contributed by atoms with Crippen molar-refractivity contribution >= 4 is 22.5 Å². The molecule has 60 valence electrons. The standard InChI is InChI=1S/C10H8ClN/c11-7-9-6-5-8-3-1-2-4-10(8)12-9/h1-6H,7H2/p+1. The molecule has 2 rings (SSSR count). The third-order valence-corrected chi connectivity index (χ3v) is 2.15. The summed E-state index contributed by atoms with van der Waals surface area (Å²) in [7, 11) is 0. The predicted molar refractivity (Wildman–Crippen MR) is 50.1 cm³/mol. The highest BCUT2D eigenvalue weighted by Gasteiger charge is 2.01. The second-order valence-electron chi connectivity index (χ2n) is 2.70. The van der Waals surface area contributed by atoms with Crippen LogP contribution in [-0.4, -0.2) is 0 Å². The van der Waals surface area contributed by atoms with Gasteiger partial charge in [0.2, 0.25) is 5.52 Å². The lowest BCUT2D eigenvalue weighted by molar-refractivity contribution is -0.355. The minimum atomic E-state index is 0.533. The Labute approximate surface area is 76.0 Å². The van der Waals surface area contributed by atoms with Crippen molar-refractivity contribution in [1.29, 1.82) is 0 Å². The molecule has 0 aliphatic rings. The normalized spacial score (nSPS) is 10.4. The Morgan fingerprint density at radius 1 is 1.08 bits per heavy atom. The van der Waals surface area contributed by atoms with Gasteiger partial charge in [0, 0.05) is 17.5 Å². The molecule has 0 atom stereocenters. The quantitative estimate of drug-likeness (QED) is 0.596. The second-order valence-corrected chi connectivity index (χ2v) is 2.97. The summed E-state index contributed by atoms with van der Waals surface area (Å²) in [6.07, 6.45) is 0. The number of alkyl halides is 1. The van der Waals surface area contributed by atoms with Crippen LogP contribution in [0.3, 0.4) is 0 Å². The van der Waals surface area contributed by atoms with Gasteiger partial charge in [-0.3, -0.25) is 0 Å². The molecular weight excluding hydrogens is 170 g/mol. The Morgan fingerprint density at radius 2 is 1.92 bits per heavy atom. The van der Waals surface area contributed by atoms with E-state index in [1.165, 1.54) is 5.39 Å². The zero-order valence-electron chi connectivity index (χ0n) is 6.55. The van der Waals surface area contributed by atoms with Crippen LogP contribution in [0.4, 0.5) is 0 Å². The smallest absolute Gasteiger partial charge is 0.207 e. The van der Waals surface area contributed by atoms with Crippen LogP contribution in [0.25, 0.3) is 10.9 Å². The maximum atomic E-state index is 5.70. The maximum Gasteiger partial charge on any atom is 0.211 e. The lowest BCUT2D eigenvalue weighted by atomic mass is 10.2. The fourth-order valence-corrected chi connectivity index (χ4v) is 1.40. The molecule has 0 unspecified atom stereocenters. The molecule has 0 fully saturated rings. The third-order valence-electron chi connectivity index (χ3n) is 1.86. The Balaban J connectivity index is 2.67. The number of hydrogen-bond acceptors (Lipinski definition) is 0. The number of nitrogens with one attached hydrogen (secondary N) is 1. The minimum absolute atomic E-state index is 0.533. The van der Waals surface area contributed by atoms with Crippen molar-refractivity contribution in [3.05, 3.63) is 42.1 Å². The molecule has 12 heavy (non-hydrogen) atoms. The number of rotatable bonds is 1. The fourth-order valence-electron chi connectivity index (χ4n) is 1.24. The van der Waals surface area contributed by atoms with E-state index in [2.05, 4.69) is 17.1 Å². The van der Waals surface area contributed by atoms with E-state index in [-0.39, 0.29) is 0 Å². The van der Waals surface area contributed by atoms with Crippen molar-refractivity contribution in [3.8, 4) is 0 Å².